The van der Waals surface area contributed by atoms with Crippen LogP contribution in [0.1, 0.15) is 10.4 Å². The summed E-state index contributed by atoms with van der Waals surface area (Å²) in [6, 6.07) is 12.0. The van der Waals surface area contributed by atoms with Crippen LogP contribution in [0.4, 0.5) is 5.69 Å². The van der Waals surface area contributed by atoms with E-state index in [1.54, 1.807) is 11.3 Å². The molecule has 0 saturated carbocycles. The first-order valence-electron chi connectivity index (χ1n) is 5.40. The van der Waals surface area contributed by atoms with Crippen molar-refractivity contribution < 1.29 is 0 Å². The van der Waals surface area contributed by atoms with Gasteiger partial charge in [0.15, 0.2) is 0 Å². The fraction of sp³-hybridized carbons (Fsp3) is 0.231. The molecule has 2 aromatic rings. The summed E-state index contributed by atoms with van der Waals surface area (Å²) >= 11 is 7.54. The van der Waals surface area contributed by atoms with Crippen molar-refractivity contribution in [2.75, 3.05) is 12.8 Å². The van der Waals surface area contributed by atoms with E-state index in [0.29, 0.717) is 0 Å². The third-order valence-corrected chi connectivity index (χ3v) is 3.70. The molecule has 0 spiro atoms. The molecule has 1 heterocycles. The van der Waals surface area contributed by atoms with Gasteiger partial charge in [-0.15, -0.1) is 11.3 Å². The molecule has 0 atom stereocenters. The van der Waals surface area contributed by atoms with Crippen molar-refractivity contribution in [1.29, 1.82) is 0 Å². The normalized spacial score (nSPS) is 11.0. The molecule has 1 aromatic heterocycles. The highest BCUT2D eigenvalue weighted by Crippen LogP contribution is 2.22. The zero-order chi connectivity index (χ0) is 12.3. The summed E-state index contributed by atoms with van der Waals surface area (Å²) in [6.45, 7) is 1.83. The van der Waals surface area contributed by atoms with E-state index in [9.17, 15) is 0 Å². The minimum absolute atomic E-state index is 0.807. The summed E-state index contributed by atoms with van der Waals surface area (Å²) in [6.07, 6.45) is 0. The average molecular weight is 267 g/mol. The summed E-state index contributed by atoms with van der Waals surface area (Å²) in [5, 5.41) is 0. The van der Waals surface area contributed by atoms with Crippen LogP contribution in [0.15, 0.2) is 36.4 Å². The van der Waals surface area contributed by atoms with Crippen LogP contribution in [0, 0.1) is 0 Å². The van der Waals surface area contributed by atoms with Crippen LogP contribution in [0.3, 0.4) is 0 Å². The Labute approximate surface area is 111 Å². The molecule has 1 aromatic carbocycles. The lowest BCUT2D eigenvalue weighted by atomic mass is 10.2. The molecule has 0 bridgehead atoms. The number of anilines is 1. The standard InChI is InChI=1S/C13H15ClN2S/c1-16(9-12-6-7-13(14)17-12)8-10-2-4-11(15)5-3-10/h2-7H,8-9,15H2,1H3. The number of nitrogens with zero attached hydrogens (tertiary/aromatic N) is 1. The van der Waals surface area contributed by atoms with Gasteiger partial charge in [0.05, 0.1) is 4.34 Å². The SMILES string of the molecule is CN(Cc1ccc(N)cc1)Cc1ccc(Cl)s1. The molecule has 0 amide bonds. The summed E-state index contributed by atoms with van der Waals surface area (Å²) < 4.78 is 0.848. The average Bonchev–Trinajstić information content (AvgIpc) is 2.67. The number of thiophene rings is 1. The summed E-state index contributed by atoms with van der Waals surface area (Å²) in [5.41, 5.74) is 7.73. The maximum absolute atomic E-state index is 5.91. The second-order valence-corrected chi connectivity index (χ2v) is 5.92. The Morgan fingerprint density at radius 2 is 1.82 bits per heavy atom. The zero-order valence-electron chi connectivity index (χ0n) is 9.69. The smallest absolute Gasteiger partial charge is 0.0931 e. The molecule has 2 N–H and O–H groups in total. The largest absolute Gasteiger partial charge is 0.399 e. The number of halogens is 1. The lowest BCUT2D eigenvalue weighted by molar-refractivity contribution is 0.322. The maximum atomic E-state index is 5.91. The third kappa shape index (κ3) is 3.73. The second kappa shape index (κ2) is 5.54. The van der Waals surface area contributed by atoms with Gasteiger partial charge < -0.3 is 5.73 Å². The number of rotatable bonds is 4. The van der Waals surface area contributed by atoms with Crippen molar-refractivity contribution in [3.63, 3.8) is 0 Å². The minimum atomic E-state index is 0.807. The Balaban J connectivity index is 1.93. The molecule has 4 heteroatoms. The van der Waals surface area contributed by atoms with Gasteiger partial charge in [0, 0.05) is 23.7 Å². The number of nitrogen functional groups attached to an aromatic ring is 1. The number of hydrogen-bond donors (Lipinski definition) is 1. The van der Waals surface area contributed by atoms with Gasteiger partial charge in [-0.3, -0.25) is 4.90 Å². The second-order valence-electron chi connectivity index (χ2n) is 4.12. The Hall–Kier alpha value is -1.03. The fourth-order valence-electron chi connectivity index (χ4n) is 1.69. The van der Waals surface area contributed by atoms with E-state index in [1.165, 1.54) is 10.4 Å². The molecule has 0 unspecified atom stereocenters. The quantitative estimate of drug-likeness (QED) is 0.857. The number of nitrogens with two attached hydrogens (primary N) is 1. The van der Waals surface area contributed by atoms with Crippen LogP contribution < -0.4 is 5.73 Å². The van der Waals surface area contributed by atoms with E-state index in [0.717, 1.165) is 23.1 Å². The first kappa shape index (κ1) is 12.4. The van der Waals surface area contributed by atoms with Crippen LogP contribution in [0.2, 0.25) is 4.34 Å². The van der Waals surface area contributed by atoms with Crippen LogP contribution >= 0.6 is 22.9 Å². The molecule has 0 aliphatic heterocycles. The molecule has 0 radical (unpaired) electrons. The molecule has 0 aliphatic carbocycles. The highest BCUT2D eigenvalue weighted by molar-refractivity contribution is 7.16. The summed E-state index contributed by atoms with van der Waals surface area (Å²) in [4.78, 5) is 3.54. The van der Waals surface area contributed by atoms with E-state index in [-0.39, 0.29) is 0 Å². The highest BCUT2D eigenvalue weighted by atomic mass is 35.5. The van der Waals surface area contributed by atoms with Gasteiger partial charge in [0.1, 0.15) is 0 Å². The van der Waals surface area contributed by atoms with E-state index in [4.69, 9.17) is 17.3 Å². The minimum Gasteiger partial charge on any atom is -0.399 e. The lowest BCUT2D eigenvalue weighted by Crippen LogP contribution is -2.16. The van der Waals surface area contributed by atoms with Gasteiger partial charge in [0.2, 0.25) is 0 Å². The number of hydrogen-bond acceptors (Lipinski definition) is 3. The van der Waals surface area contributed by atoms with Crippen molar-refractivity contribution >= 4 is 28.6 Å². The predicted octanol–water partition coefficient (Wildman–Crippen LogP) is 3.62. The summed E-state index contributed by atoms with van der Waals surface area (Å²) in [7, 11) is 2.10. The summed E-state index contributed by atoms with van der Waals surface area (Å²) in [5.74, 6) is 0. The van der Waals surface area contributed by atoms with Gasteiger partial charge in [-0.1, -0.05) is 23.7 Å². The molecule has 0 aliphatic rings. The van der Waals surface area contributed by atoms with Crippen LogP contribution in [-0.2, 0) is 13.1 Å². The van der Waals surface area contributed by atoms with Gasteiger partial charge >= 0.3 is 0 Å². The van der Waals surface area contributed by atoms with E-state index >= 15 is 0 Å². The maximum Gasteiger partial charge on any atom is 0.0931 e. The Morgan fingerprint density at radius 1 is 1.12 bits per heavy atom. The molecular formula is C13H15ClN2S. The first-order chi connectivity index (χ1) is 8.13. The molecular weight excluding hydrogens is 252 g/mol. The zero-order valence-corrected chi connectivity index (χ0v) is 11.3. The van der Waals surface area contributed by atoms with Gasteiger partial charge in [-0.25, -0.2) is 0 Å². The topological polar surface area (TPSA) is 29.3 Å². The van der Waals surface area contributed by atoms with E-state index < -0.39 is 0 Å². The number of benzene rings is 1. The van der Waals surface area contributed by atoms with Crippen molar-refractivity contribution in [1.82, 2.24) is 4.90 Å². The van der Waals surface area contributed by atoms with Crippen molar-refractivity contribution in [3.05, 3.63) is 51.2 Å². The fourth-order valence-corrected chi connectivity index (χ4v) is 2.86. The van der Waals surface area contributed by atoms with Gasteiger partial charge in [0.25, 0.3) is 0 Å². The molecule has 0 fully saturated rings. The Kier molecular flexibility index (Phi) is 4.05. The van der Waals surface area contributed by atoms with Crippen molar-refractivity contribution in [3.8, 4) is 0 Å². The van der Waals surface area contributed by atoms with E-state index in [1.807, 2.05) is 18.2 Å². The molecule has 2 rings (SSSR count). The van der Waals surface area contributed by atoms with Crippen LogP contribution in [0.5, 0.6) is 0 Å². The van der Waals surface area contributed by atoms with Gasteiger partial charge in [-0.05, 0) is 36.9 Å². The van der Waals surface area contributed by atoms with Crippen molar-refractivity contribution in [2.45, 2.75) is 13.1 Å². The predicted molar refractivity (Wildman–Crippen MR) is 75.4 cm³/mol. The van der Waals surface area contributed by atoms with Crippen molar-refractivity contribution in [2.24, 2.45) is 0 Å². The van der Waals surface area contributed by atoms with Crippen LogP contribution in [0.25, 0.3) is 0 Å². The molecule has 17 heavy (non-hydrogen) atoms. The molecule has 0 saturated heterocycles. The van der Waals surface area contributed by atoms with Crippen LogP contribution in [-0.4, -0.2) is 11.9 Å². The van der Waals surface area contributed by atoms with E-state index in [2.05, 4.69) is 30.1 Å². The third-order valence-electron chi connectivity index (χ3n) is 2.49. The molecule has 90 valence electrons. The highest BCUT2D eigenvalue weighted by Gasteiger charge is 2.04. The van der Waals surface area contributed by atoms with Gasteiger partial charge in [-0.2, -0.15) is 0 Å². The Bertz CT molecular complexity index is 478. The Morgan fingerprint density at radius 3 is 2.41 bits per heavy atom. The molecule has 2 nitrogen and oxygen atoms in total. The first-order valence-corrected chi connectivity index (χ1v) is 6.60. The lowest BCUT2D eigenvalue weighted by Gasteiger charge is -2.15. The monoisotopic (exact) mass is 266 g/mol.